The molecule has 2 N–H and O–H groups in total. The van der Waals surface area contributed by atoms with Gasteiger partial charge in [0.1, 0.15) is 12.3 Å². The van der Waals surface area contributed by atoms with Crippen LogP contribution in [0.15, 0.2) is 58.1 Å². The summed E-state index contributed by atoms with van der Waals surface area (Å²) >= 11 is 0. The van der Waals surface area contributed by atoms with Crippen LogP contribution in [0.1, 0.15) is 33.1 Å². The number of para-hydroxylation sites is 3. The lowest BCUT2D eigenvalue weighted by molar-refractivity contribution is -0.121. The second-order valence-corrected chi connectivity index (χ2v) is 8.27. The minimum Gasteiger partial charge on any atom is -0.495 e. The molecule has 180 valence electrons. The first-order valence-electron chi connectivity index (χ1n) is 11.3. The molecule has 0 saturated heterocycles. The van der Waals surface area contributed by atoms with Crippen LogP contribution in [0, 0.1) is 0 Å². The Hall–Kier alpha value is -3.88. The summed E-state index contributed by atoms with van der Waals surface area (Å²) in [4.78, 5) is 50.9. The normalized spacial score (nSPS) is 10.9. The van der Waals surface area contributed by atoms with Crippen molar-refractivity contribution < 1.29 is 14.3 Å². The van der Waals surface area contributed by atoms with Gasteiger partial charge in [0.2, 0.25) is 11.8 Å². The first-order chi connectivity index (χ1) is 16.3. The maximum Gasteiger partial charge on any atom is 0.331 e. The molecule has 0 aliphatic heterocycles. The third kappa shape index (κ3) is 5.92. The van der Waals surface area contributed by atoms with E-state index in [4.69, 9.17) is 4.74 Å². The van der Waals surface area contributed by atoms with Crippen molar-refractivity contribution in [2.24, 2.45) is 0 Å². The molecule has 9 heteroatoms. The fourth-order valence-corrected chi connectivity index (χ4v) is 3.75. The number of rotatable bonds is 10. The molecule has 0 aliphatic rings. The van der Waals surface area contributed by atoms with Crippen molar-refractivity contribution in [2.75, 3.05) is 12.4 Å². The number of benzene rings is 2. The van der Waals surface area contributed by atoms with Gasteiger partial charge in [-0.15, -0.1) is 0 Å². The zero-order valence-corrected chi connectivity index (χ0v) is 19.7. The maximum absolute atomic E-state index is 13.2. The van der Waals surface area contributed by atoms with Crippen molar-refractivity contribution in [1.82, 2.24) is 14.5 Å². The molecule has 2 amide bonds. The number of hydrogen-bond acceptors (Lipinski definition) is 5. The summed E-state index contributed by atoms with van der Waals surface area (Å²) in [6, 6.07) is 13.8. The van der Waals surface area contributed by atoms with E-state index in [1.165, 1.54) is 11.7 Å². The largest absolute Gasteiger partial charge is 0.495 e. The summed E-state index contributed by atoms with van der Waals surface area (Å²) in [7, 11) is 1.51. The fraction of sp³-hybridized carbons (Fsp3) is 0.360. The number of ether oxygens (including phenoxy) is 1. The van der Waals surface area contributed by atoms with Gasteiger partial charge in [-0.05, 0) is 51.0 Å². The van der Waals surface area contributed by atoms with Gasteiger partial charge in [0.15, 0.2) is 0 Å². The zero-order valence-electron chi connectivity index (χ0n) is 19.7. The summed E-state index contributed by atoms with van der Waals surface area (Å²) in [5.41, 5.74) is -0.0975. The van der Waals surface area contributed by atoms with Crippen LogP contribution in [0.3, 0.4) is 0 Å². The quantitative estimate of drug-likeness (QED) is 0.446. The van der Waals surface area contributed by atoms with Crippen molar-refractivity contribution in [3.8, 4) is 5.75 Å². The van der Waals surface area contributed by atoms with E-state index < -0.39 is 17.2 Å². The number of anilines is 1. The highest BCUT2D eigenvalue weighted by Crippen LogP contribution is 2.23. The average Bonchev–Trinajstić information content (AvgIpc) is 2.81. The molecule has 0 unspecified atom stereocenters. The second kappa shape index (κ2) is 11.3. The van der Waals surface area contributed by atoms with Crippen LogP contribution >= 0.6 is 0 Å². The van der Waals surface area contributed by atoms with Crippen LogP contribution in [0.2, 0.25) is 0 Å². The molecular formula is C25H30N4O5. The summed E-state index contributed by atoms with van der Waals surface area (Å²) in [5, 5.41) is 5.93. The van der Waals surface area contributed by atoms with Crippen molar-refractivity contribution in [3.05, 3.63) is 69.4 Å². The van der Waals surface area contributed by atoms with Crippen LogP contribution in [-0.4, -0.2) is 34.1 Å². The van der Waals surface area contributed by atoms with Crippen LogP contribution in [-0.2, 0) is 22.7 Å². The number of fused-ring (bicyclic) bond motifs is 1. The Kier molecular flexibility index (Phi) is 8.24. The van der Waals surface area contributed by atoms with Crippen molar-refractivity contribution >= 4 is 28.4 Å². The monoisotopic (exact) mass is 466 g/mol. The lowest BCUT2D eigenvalue weighted by Crippen LogP contribution is -2.41. The van der Waals surface area contributed by atoms with E-state index in [1.807, 2.05) is 13.8 Å². The van der Waals surface area contributed by atoms with Crippen LogP contribution < -0.4 is 26.6 Å². The number of aromatic nitrogens is 2. The number of amides is 2. The van der Waals surface area contributed by atoms with Crippen molar-refractivity contribution in [3.63, 3.8) is 0 Å². The molecule has 9 nitrogen and oxygen atoms in total. The number of nitrogens with one attached hydrogen (secondary N) is 2. The molecule has 0 fully saturated rings. The molecule has 3 rings (SSSR count). The number of nitrogens with zero attached hydrogens (tertiary/aromatic N) is 2. The highest BCUT2D eigenvalue weighted by Gasteiger charge is 2.16. The fourth-order valence-electron chi connectivity index (χ4n) is 3.75. The van der Waals surface area contributed by atoms with Gasteiger partial charge in [0.05, 0.1) is 23.7 Å². The van der Waals surface area contributed by atoms with Gasteiger partial charge in [-0.25, -0.2) is 4.79 Å². The Balaban J connectivity index is 1.83. The minimum atomic E-state index is -0.564. The number of hydrogen-bond donors (Lipinski definition) is 2. The molecule has 2 aromatic carbocycles. The molecule has 0 saturated carbocycles. The van der Waals surface area contributed by atoms with Crippen molar-refractivity contribution in [1.29, 1.82) is 0 Å². The lowest BCUT2D eigenvalue weighted by atomic mass is 10.2. The molecular weight excluding hydrogens is 436 g/mol. The molecule has 0 aliphatic carbocycles. The molecule has 1 heterocycles. The van der Waals surface area contributed by atoms with E-state index in [-0.39, 0.29) is 25.0 Å². The first-order valence-corrected chi connectivity index (χ1v) is 11.3. The first kappa shape index (κ1) is 24.8. The molecule has 1 aromatic heterocycles. The lowest BCUT2D eigenvalue weighted by Gasteiger charge is -2.15. The van der Waals surface area contributed by atoms with Crippen LogP contribution in [0.5, 0.6) is 5.75 Å². The van der Waals surface area contributed by atoms with Gasteiger partial charge >= 0.3 is 5.69 Å². The third-order valence-corrected chi connectivity index (χ3v) is 5.30. The molecule has 0 atom stereocenters. The molecule has 34 heavy (non-hydrogen) atoms. The Bertz CT molecular complexity index is 1290. The Morgan fingerprint density at radius 1 is 0.941 bits per heavy atom. The van der Waals surface area contributed by atoms with E-state index in [0.717, 1.165) is 4.57 Å². The predicted molar refractivity (Wildman–Crippen MR) is 131 cm³/mol. The highest BCUT2D eigenvalue weighted by molar-refractivity contribution is 5.93. The number of unbranched alkanes of at least 4 members (excludes halogenated alkanes) is 1. The summed E-state index contributed by atoms with van der Waals surface area (Å²) < 4.78 is 7.70. The third-order valence-electron chi connectivity index (χ3n) is 5.30. The molecule has 3 aromatic rings. The number of carbonyl (C=O) groups is 2. The molecule has 0 radical (unpaired) electrons. The van der Waals surface area contributed by atoms with E-state index in [2.05, 4.69) is 10.6 Å². The summed E-state index contributed by atoms with van der Waals surface area (Å²) in [6.45, 7) is 3.66. The summed E-state index contributed by atoms with van der Waals surface area (Å²) in [6.07, 6.45) is 1.33. The van der Waals surface area contributed by atoms with E-state index >= 15 is 0 Å². The number of carbonyl (C=O) groups excluding carboxylic acids is 2. The van der Waals surface area contributed by atoms with Gasteiger partial charge in [-0.1, -0.05) is 24.3 Å². The maximum atomic E-state index is 13.2. The summed E-state index contributed by atoms with van der Waals surface area (Å²) in [5.74, 6) is 0.0121. The van der Waals surface area contributed by atoms with Gasteiger partial charge < -0.3 is 15.4 Å². The number of methoxy groups -OCH3 is 1. The SMILES string of the molecule is COc1ccccc1NC(=O)Cn1c(=O)n(CCCCC(=O)NC(C)C)c(=O)c2ccccc21. The van der Waals surface area contributed by atoms with E-state index in [0.29, 0.717) is 41.6 Å². The smallest absolute Gasteiger partial charge is 0.331 e. The second-order valence-electron chi connectivity index (χ2n) is 8.27. The minimum absolute atomic E-state index is 0.0600. The molecule has 0 bridgehead atoms. The van der Waals surface area contributed by atoms with E-state index in [1.54, 1.807) is 48.5 Å². The van der Waals surface area contributed by atoms with Gasteiger partial charge in [-0.2, -0.15) is 0 Å². The Morgan fingerprint density at radius 2 is 1.65 bits per heavy atom. The van der Waals surface area contributed by atoms with Crippen molar-refractivity contribution in [2.45, 2.75) is 52.2 Å². The van der Waals surface area contributed by atoms with Gasteiger partial charge in [0, 0.05) is 19.0 Å². The predicted octanol–water partition coefficient (Wildman–Crippen LogP) is 2.51. The van der Waals surface area contributed by atoms with Crippen LogP contribution in [0.4, 0.5) is 5.69 Å². The topological polar surface area (TPSA) is 111 Å². The molecule has 0 spiro atoms. The standard InChI is InChI=1S/C25H30N4O5/c1-17(2)26-22(30)14-8-9-15-28-24(32)18-10-4-6-12-20(18)29(25(28)33)16-23(31)27-19-11-5-7-13-21(19)34-3/h4-7,10-13,17H,8-9,14-16H2,1-3H3,(H,26,30)(H,27,31). The van der Waals surface area contributed by atoms with Gasteiger partial charge in [-0.3, -0.25) is 23.5 Å². The Labute approximate surface area is 197 Å². The zero-order chi connectivity index (χ0) is 24.7. The Morgan fingerprint density at radius 3 is 2.38 bits per heavy atom. The van der Waals surface area contributed by atoms with Gasteiger partial charge in [0.25, 0.3) is 5.56 Å². The van der Waals surface area contributed by atoms with Crippen LogP contribution in [0.25, 0.3) is 10.9 Å². The highest BCUT2D eigenvalue weighted by atomic mass is 16.5. The van der Waals surface area contributed by atoms with E-state index in [9.17, 15) is 19.2 Å². The average molecular weight is 467 g/mol.